The Hall–Kier alpha value is -1.60. The fourth-order valence-electron chi connectivity index (χ4n) is 1.83. The zero-order chi connectivity index (χ0) is 16.0. The number of ether oxygens (including phenoxy) is 1. The third-order valence-corrected chi connectivity index (χ3v) is 3.87. The molecule has 1 aromatic carbocycles. The topological polar surface area (TPSA) is 98.5 Å². The van der Waals surface area contributed by atoms with Crippen molar-refractivity contribution in [2.75, 3.05) is 0 Å². The summed E-state index contributed by atoms with van der Waals surface area (Å²) in [5.41, 5.74) is 0. The van der Waals surface area contributed by atoms with Crippen molar-refractivity contribution in [2.45, 2.75) is 50.7 Å². The molecule has 118 valence electrons. The zero-order valence-corrected chi connectivity index (χ0v) is 13.3. The molecule has 0 bridgehead atoms. The van der Waals surface area contributed by atoms with Crippen molar-refractivity contribution in [2.24, 2.45) is 5.14 Å². The van der Waals surface area contributed by atoms with Gasteiger partial charge in [-0.15, -0.1) is 0 Å². The first-order chi connectivity index (χ1) is 9.74. The van der Waals surface area contributed by atoms with Crippen LogP contribution >= 0.6 is 0 Å². The predicted octanol–water partition coefficient (Wildman–Crippen LogP) is 1.41. The van der Waals surface area contributed by atoms with Gasteiger partial charge in [-0.1, -0.05) is 13.3 Å². The van der Waals surface area contributed by atoms with Gasteiger partial charge in [-0.05, 0) is 44.5 Å². The Kier molecular flexibility index (Phi) is 6.17. The highest BCUT2D eigenvalue weighted by Crippen LogP contribution is 2.16. The summed E-state index contributed by atoms with van der Waals surface area (Å²) in [6.45, 7) is 5.63. The maximum absolute atomic E-state index is 11.9. The number of rotatable bonds is 7. The molecule has 21 heavy (non-hydrogen) atoms. The fourth-order valence-corrected chi connectivity index (χ4v) is 2.35. The molecule has 2 unspecified atom stereocenters. The number of carbonyl (C=O) groups excluding carboxylic acids is 1. The predicted molar refractivity (Wildman–Crippen MR) is 80.4 cm³/mol. The molecule has 3 N–H and O–H groups in total. The first kappa shape index (κ1) is 17.5. The van der Waals surface area contributed by atoms with Crippen molar-refractivity contribution in [3.8, 4) is 5.75 Å². The molecular formula is C14H22N2O4S. The van der Waals surface area contributed by atoms with E-state index in [0.717, 1.165) is 12.8 Å². The molecule has 0 heterocycles. The van der Waals surface area contributed by atoms with Gasteiger partial charge >= 0.3 is 0 Å². The molecule has 6 nitrogen and oxygen atoms in total. The van der Waals surface area contributed by atoms with Crippen LogP contribution in [-0.2, 0) is 14.8 Å². The summed E-state index contributed by atoms with van der Waals surface area (Å²) >= 11 is 0. The van der Waals surface area contributed by atoms with E-state index in [1.807, 2.05) is 6.92 Å². The Labute approximate surface area is 125 Å². The zero-order valence-electron chi connectivity index (χ0n) is 12.5. The van der Waals surface area contributed by atoms with E-state index in [1.165, 1.54) is 24.3 Å². The third-order valence-electron chi connectivity index (χ3n) is 2.94. The highest BCUT2D eigenvalue weighted by molar-refractivity contribution is 7.89. The molecule has 0 aliphatic carbocycles. The number of hydrogen-bond acceptors (Lipinski definition) is 4. The summed E-state index contributed by atoms with van der Waals surface area (Å²) in [5.74, 6) is 0.208. The van der Waals surface area contributed by atoms with Crippen LogP contribution in [0.3, 0.4) is 0 Å². The van der Waals surface area contributed by atoms with E-state index in [1.54, 1.807) is 6.92 Å². The van der Waals surface area contributed by atoms with Gasteiger partial charge < -0.3 is 10.1 Å². The van der Waals surface area contributed by atoms with E-state index < -0.39 is 16.1 Å². The molecule has 0 fully saturated rings. The second-order valence-electron chi connectivity index (χ2n) is 4.97. The monoisotopic (exact) mass is 314 g/mol. The maximum Gasteiger partial charge on any atom is 0.260 e. The summed E-state index contributed by atoms with van der Waals surface area (Å²) in [6, 6.07) is 5.72. The smallest absolute Gasteiger partial charge is 0.260 e. The third kappa shape index (κ3) is 5.73. The molecule has 1 rings (SSSR count). The van der Waals surface area contributed by atoms with Crippen LogP contribution in [0.2, 0.25) is 0 Å². The number of carbonyl (C=O) groups is 1. The summed E-state index contributed by atoms with van der Waals surface area (Å²) < 4.78 is 27.7. The van der Waals surface area contributed by atoms with Crippen LogP contribution in [0.5, 0.6) is 5.75 Å². The van der Waals surface area contributed by atoms with Gasteiger partial charge in [0, 0.05) is 6.04 Å². The van der Waals surface area contributed by atoms with Gasteiger partial charge in [-0.25, -0.2) is 13.6 Å². The second-order valence-corrected chi connectivity index (χ2v) is 6.54. The Morgan fingerprint density at radius 2 is 1.86 bits per heavy atom. The molecule has 0 aromatic heterocycles. The molecule has 1 aromatic rings. The van der Waals surface area contributed by atoms with Crippen LogP contribution in [0, 0.1) is 0 Å². The molecule has 0 saturated carbocycles. The lowest BCUT2D eigenvalue weighted by atomic mass is 10.2. The van der Waals surface area contributed by atoms with Gasteiger partial charge in [0.1, 0.15) is 5.75 Å². The van der Waals surface area contributed by atoms with Crippen LogP contribution < -0.4 is 15.2 Å². The van der Waals surface area contributed by atoms with Crippen molar-refractivity contribution >= 4 is 15.9 Å². The van der Waals surface area contributed by atoms with Crippen LogP contribution in [0.4, 0.5) is 0 Å². The van der Waals surface area contributed by atoms with Crippen molar-refractivity contribution in [3.05, 3.63) is 24.3 Å². The molecule has 0 spiro atoms. The normalized spacial score (nSPS) is 14.3. The Morgan fingerprint density at radius 3 is 2.33 bits per heavy atom. The highest BCUT2D eigenvalue weighted by Gasteiger charge is 2.17. The van der Waals surface area contributed by atoms with E-state index in [0.29, 0.717) is 5.75 Å². The molecule has 2 atom stereocenters. The number of nitrogens with two attached hydrogens (primary N) is 1. The minimum Gasteiger partial charge on any atom is -0.481 e. The van der Waals surface area contributed by atoms with E-state index in [4.69, 9.17) is 9.88 Å². The summed E-state index contributed by atoms with van der Waals surface area (Å²) in [5, 5.41) is 7.86. The van der Waals surface area contributed by atoms with Gasteiger partial charge in [0.15, 0.2) is 6.10 Å². The van der Waals surface area contributed by atoms with Crippen molar-refractivity contribution in [1.82, 2.24) is 5.32 Å². The van der Waals surface area contributed by atoms with Crippen molar-refractivity contribution in [1.29, 1.82) is 0 Å². The van der Waals surface area contributed by atoms with Crippen molar-refractivity contribution < 1.29 is 17.9 Å². The van der Waals surface area contributed by atoms with E-state index >= 15 is 0 Å². The molecule has 0 aliphatic heterocycles. The Morgan fingerprint density at radius 1 is 1.29 bits per heavy atom. The minimum absolute atomic E-state index is 0.00326. The van der Waals surface area contributed by atoms with Crippen LogP contribution in [-0.4, -0.2) is 26.5 Å². The van der Waals surface area contributed by atoms with Crippen molar-refractivity contribution in [3.63, 3.8) is 0 Å². The minimum atomic E-state index is -3.72. The molecule has 0 saturated heterocycles. The highest BCUT2D eigenvalue weighted by atomic mass is 32.2. The van der Waals surface area contributed by atoms with Gasteiger partial charge in [0.25, 0.3) is 5.91 Å². The quantitative estimate of drug-likeness (QED) is 0.795. The largest absolute Gasteiger partial charge is 0.481 e. The molecule has 7 heteroatoms. The summed E-state index contributed by atoms with van der Waals surface area (Å²) in [6.07, 6.45) is 1.23. The van der Waals surface area contributed by atoms with Gasteiger partial charge in [0.2, 0.25) is 10.0 Å². The van der Waals surface area contributed by atoms with Crippen LogP contribution in [0.15, 0.2) is 29.2 Å². The average molecular weight is 314 g/mol. The number of primary sulfonamides is 1. The first-order valence-electron chi connectivity index (χ1n) is 6.84. The van der Waals surface area contributed by atoms with Gasteiger partial charge in [0.05, 0.1) is 4.90 Å². The summed E-state index contributed by atoms with van der Waals surface area (Å²) in [7, 11) is -3.72. The lowest BCUT2D eigenvalue weighted by Gasteiger charge is -2.18. The fraction of sp³-hybridized carbons (Fsp3) is 0.500. The number of nitrogens with one attached hydrogen (secondary N) is 1. The number of sulfonamides is 1. The molecule has 1 amide bonds. The average Bonchev–Trinajstić information content (AvgIpc) is 2.38. The number of hydrogen-bond donors (Lipinski definition) is 2. The van der Waals surface area contributed by atoms with E-state index in [9.17, 15) is 13.2 Å². The van der Waals surface area contributed by atoms with Crippen LogP contribution in [0.1, 0.15) is 33.6 Å². The number of benzene rings is 1. The second kappa shape index (κ2) is 7.42. The lowest BCUT2D eigenvalue weighted by molar-refractivity contribution is -0.127. The maximum atomic E-state index is 11.9. The van der Waals surface area contributed by atoms with Gasteiger partial charge in [-0.3, -0.25) is 4.79 Å². The SMILES string of the molecule is CCCC(C)NC(=O)C(C)Oc1ccc(S(N)(=O)=O)cc1. The molecule has 0 radical (unpaired) electrons. The molecular weight excluding hydrogens is 292 g/mol. The molecule has 0 aliphatic rings. The Balaban J connectivity index is 2.62. The van der Waals surface area contributed by atoms with E-state index in [-0.39, 0.29) is 16.8 Å². The standard InChI is InChI=1S/C14H22N2O4S/c1-4-5-10(2)16-14(17)11(3)20-12-6-8-13(9-7-12)21(15,18)19/h6-11H,4-5H2,1-3H3,(H,16,17)(H2,15,18,19). The summed E-state index contributed by atoms with van der Waals surface area (Å²) in [4.78, 5) is 11.9. The first-order valence-corrected chi connectivity index (χ1v) is 8.38. The van der Waals surface area contributed by atoms with E-state index in [2.05, 4.69) is 12.2 Å². The van der Waals surface area contributed by atoms with Gasteiger partial charge in [-0.2, -0.15) is 0 Å². The Bertz CT molecular complexity index is 569. The number of amides is 1. The van der Waals surface area contributed by atoms with Crippen LogP contribution in [0.25, 0.3) is 0 Å². The lowest BCUT2D eigenvalue weighted by Crippen LogP contribution is -2.41.